The Balaban J connectivity index is 2.13. The lowest BCUT2D eigenvalue weighted by Gasteiger charge is -2.17. The molecule has 1 fully saturated rings. The van der Waals surface area contributed by atoms with E-state index in [1.54, 1.807) is 17.7 Å². The predicted molar refractivity (Wildman–Crippen MR) is 64.8 cm³/mol. The number of aliphatic hydroxyl groups is 1. The summed E-state index contributed by atoms with van der Waals surface area (Å²) in [5, 5.41) is 11.2. The van der Waals surface area contributed by atoms with Gasteiger partial charge in [-0.1, -0.05) is 0 Å². The first kappa shape index (κ1) is 9.99. The minimum absolute atomic E-state index is 0.0452. The maximum Gasteiger partial charge on any atom is 0.150 e. The lowest BCUT2D eigenvalue weighted by Crippen LogP contribution is -2.20. The van der Waals surface area contributed by atoms with Crippen molar-refractivity contribution in [3.05, 3.63) is 17.3 Å². The number of aromatic nitrogens is 2. The standard InChI is InChI=1S/C11H13N3OS/c1-14(8-2-3-8)11-10-9(12-6-13-11)7(4-15)5-16-10/h5-6,8,15H,2-4H2,1H3. The molecule has 0 aliphatic heterocycles. The van der Waals surface area contributed by atoms with E-state index in [2.05, 4.69) is 21.9 Å². The normalized spacial score (nSPS) is 15.6. The van der Waals surface area contributed by atoms with Gasteiger partial charge in [0.1, 0.15) is 12.1 Å². The number of nitrogens with zero attached hydrogens (tertiary/aromatic N) is 3. The molecule has 1 aliphatic carbocycles. The van der Waals surface area contributed by atoms with Gasteiger partial charge in [0.15, 0.2) is 0 Å². The molecule has 2 aromatic rings. The highest BCUT2D eigenvalue weighted by Crippen LogP contribution is 2.35. The number of anilines is 1. The average molecular weight is 235 g/mol. The van der Waals surface area contributed by atoms with Crippen LogP contribution in [0, 0.1) is 0 Å². The van der Waals surface area contributed by atoms with Gasteiger partial charge in [-0.2, -0.15) is 0 Å². The molecule has 1 saturated carbocycles. The SMILES string of the molecule is CN(c1ncnc2c(CO)csc12)C1CC1. The average Bonchev–Trinajstić information content (AvgIpc) is 3.07. The largest absolute Gasteiger partial charge is 0.392 e. The third-order valence-electron chi connectivity index (χ3n) is 3.01. The molecule has 5 heteroatoms. The summed E-state index contributed by atoms with van der Waals surface area (Å²) >= 11 is 1.61. The lowest BCUT2D eigenvalue weighted by molar-refractivity contribution is 0.283. The summed E-state index contributed by atoms with van der Waals surface area (Å²) in [6.07, 6.45) is 4.09. The van der Waals surface area contributed by atoms with E-state index >= 15 is 0 Å². The van der Waals surface area contributed by atoms with E-state index in [-0.39, 0.29) is 6.61 Å². The van der Waals surface area contributed by atoms with Crippen LogP contribution in [-0.2, 0) is 6.61 Å². The summed E-state index contributed by atoms with van der Waals surface area (Å²) in [6.45, 7) is 0.0452. The van der Waals surface area contributed by atoms with Crippen molar-refractivity contribution in [1.82, 2.24) is 9.97 Å². The Morgan fingerprint density at radius 3 is 3.00 bits per heavy atom. The summed E-state index contributed by atoms with van der Waals surface area (Å²) in [6, 6.07) is 0.637. The van der Waals surface area contributed by atoms with Gasteiger partial charge in [0, 0.05) is 18.7 Å². The van der Waals surface area contributed by atoms with Crippen LogP contribution in [0.15, 0.2) is 11.7 Å². The molecule has 2 heterocycles. The summed E-state index contributed by atoms with van der Waals surface area (Å²) in [5.41, 5.74) is 1.79. The van der Waals surface area contributed by atoms with Crippen molar-refractivity contribution in [2.24, 2.45) is 0 Å². The van der Waals surface area contributed by atoms with Gasteiger partial charge >= 0.3 is 0 Å². The number of rotatable bonds is 3. The van der Waals surface area contributed by atoms with Crippen molar-refractivity contribution >= 4 is 27.4 Å². The van der Waals surface area contributed by atoms with E-state index in [0.29, 0.717) is 6.04 Å². The van der Waals surface area contributed by atoms with E-state index in [1.165, 1.54) is 12.8 Å². The molecule has 3 rings (SSSR count). The molecule has 1 N–H and O–H groups in total. The molecule has 0 aromatic carbocycles. The molecular weight excluding hydrogens is 222 g/mol. The fraction of sp³-hybridized carbons (Fsp3) is 0.455. The molecule has 16 heavy (non-hydrogen) atoms. The molecule has 0 unspecified atom stereocenters. The molecule has 0 bridgehead atoms. The topological polar surface area (TPSA) is 49.2 Å². The fourth-order valence-corrected chi connectivity index (χ4v) is 2.93. The van der Waals surface area contributed by atoms with E-state index in [1.807, 2.05) is 5.38 Å². The van der Waals surface area contributed by atoms with Crippen LogP contribution in [0.1, 0.15) is 18.4 Å². The van der Waals surface area contributed by atoms with Gasteiger partial charge in [0.05, 0.1) is 16.8 Å². The van der Waals surface area contributed by atoms with Gasteiger partial charge in [-0.15, -0.1) is 11.3 Å². The zero-order chi connectivity index (χ0) is 11.1. The van der Waals surface area contributed by atoms with E-state index < -0.39 is 0 Å². The van der Waals surface area contributed by atoms with Gasteiger partial charge in [-0.05, 0) is 18.2 Å². The van der Waals surface area contributed by atoms with Crippen LogP contribution in [0.2, 0.25) is 0 Å². The Morgan fingerprint density at radius 1 is 1.50 bits per heavy atom. The third-order valence-corrected chi connectivity index (χ3v) is 4.02. The van der Waals surface area contributed by atoms with Crippen LogP contribution < -0.4 is 4.90 Å². The zero-order valence-electron chi connectivity index (χ0n) is 9.05. The Labute approximate surface area is 97.6 Å². The quantitative estimate of drug-likeness (QED) is 0.881. The third kappa shape index (κ3) is 1.47. The summed E-state index contributed by atoms with van der Waals surface area (Å²) in [5.74, 6) is 0.997. The maximum absolute atomic E-state index is 9.21. The molecule has 4 nitrogen and oxygen atoms in total. The molecule has 0 atom stereocenters. The highest BCUT2D eigenvalue weighted by Gasteiger charge is 2.28. The van der Waals surface area contributed by atoms with Crippen molar-refractivity contribution < 1.29 is 5.11 Å². The minimum Gasteiger partial charge on any atom is -0.392 e. The fourth-order valence-electron chi connectivity index (χ4n) is 1.89. The van der Waals surface area contributed by atoms with Crippen molar-refractivity contribution in [1.29, 1.82) is 0 Å². The predicted octanol–water partition coefficient (Wildman–Crippen LogP) is 1.78. The van der Waals surface area contributed by atoms with Gasteiger partial charge in [0.25, 0.3) is 0 Å². The first-order valence-corrected chi connectivity index (χ1v) is 6.24. The Hall–Kier alpha value is -1.20. The van der Waals surface area contributed by atoms with Crippen LogP contribution in [0.25, 0.3) is 10.2 Å². The van der Waals surface area contributed by atoms with Crippen molar-refractivity contribution in [3.8, 4) is 0 Å². The van der Waals surface area contributed by atoms with Crippen molar-refractivity contribution in [2.75, 3.05) is 11.9 Å². The second kappa shape index (κ2) is 3.68. The highest BCUT2D eigenvalue weighted by atomic mass is 32.1. The molecule has 1 aliphatic rings. The van der Waals surface area contributed by atoms with Crippen molar-refractivity contribution in [3.63, 3.8) is 0 Å². The smallest absolute Gasteiger partial charge is 0.150 e. The van der Waals surface area contributed by atoms with Gasteiger partial charge in [0.2, 0.25) is 0 Å². The second-order valence-corrected chi connectivity index (χ2v) is 5.02. The summed E-state index contributed by atoms with van der Waals surface area (Å²) in [7, 11) is 2.08. The van der Waals surface area contributed by atoms with Crippen LogP contribution >= 0.6 is 11.3 Å². The molecule has 0 radical (unpaired) electrons. The summed E-state index contributed by atoms with van der Waals surface area (Å²) in [4.78, 5) is 10.8. The monoisotopic (exact) mass is 235 g/mol. The molecule has 84 valence electrons. The zero-order valence-corrected chi connectivity index (χ0v) is 9.87. The molecule has 0 spiro atoms. The van der Waals surface area contributed by atoms with E-state index in [4.69, 9.17) is 0 Å². The maximum atomic E-state index is 9.21. The van der Waals surface area contributed by atoms with Crippen LogP contribution in [0.4, 0.5) is 5.82 Å². The number of thiophene rings is 1. The van der Waals surface area contributed by atoms with Crippen LogP contribution in [0.5, 0.6) is 0 Å². The number of hydrogen-bond acceptors (Lipinski definition) is 5. The first-order valence-electron chi connectivity index (χ1n) is 5.36. The summed E-state index contributed by atoms with van der Waals surface area (Å²) < 4.78 is 1.08. The molecule has 2 aromatic heterocycles. The Kier molecular flexibility index (Phi) is 2.29. The van der Waals surface area contributed by atoms with Gasteiger partial charge < -0.3 is 10.0 Å². The molecule has 0 amide bonds. The Bertz CT molecular complexity index is 521. The van der Waals surface area contributed by atoms with E-state index in [9.17, 15) is 5.11 Å². The highest BCUT2D eigenvalue weighted by molar-refractivity contribution is 7.18. The number of hydrogen-bond donors (Lipinski definition) is 1. The van der Waals surface area contributed by atoms with Gasteiger partial charge in [-0.3, -0.25) is 0 Å². The lowest BCUT2D eigenvalue weighted by atomic mass is 10.3. The molecular formula is C11H13N3OS. The van der Waals surface area contributed by atoms with Crippen LogP contribution in [0.3, 0.4) is 0 Å². The second-order valence-electron chi connectivity index (χ2n) is 4.14. The van der Waals surface area contributed by atoms with Crippen molar-refractivity contribution in [2.45, 2.75) is 25.5 Å². The first-order chi connectivity index (χ1) is 7.81. The van der Waals surface area contributed by atoms with Crippen LogP contribution in [-0.4, -0.2) is 28.2 Å². The minimum atomic E-state index is 0.0452. The van der Waals surface area contributed by atoms with Gasteiger partial charge in [-0.25, -0.2) is 9.97 Å². The Morgan fingerprint density at radius 2 is 2.31 bits per heavy atom. The number of fused-ring (bicyclic) bond motifs is 1. The van der Waals surface area contributed by atoms with E-state index in [0.717, 1.165) is 21.6 Å². The number of aliphatic hydroxyl groups excluding tert-OH is 1. The molecule has 0 saturated heterocycles.